The van der Waals surface area contributed by atoms with Crippen molar-refractivity contribution in [3.63, 3.8) is 0 Å². The van der Waals surface area contributed by atoms with Crippen LogP contribution in [0.15, 0.2) is 0 Å². The zero-order chi connectivity index (χ0) is 13.6. The zero-order valence-corrected chi connectivity index (χ0v) is 12.0. The summed E-state index contributed by atoms with van der Waals surface area (Å²) in [6, 6.07) is 0. The van der Waals surface area contributed by atoms with E-state index in [0.717, 1.165) is 18.8 Å². The van der Waals surface area contributed by atoms with Gasteiger partial charge in [-0.25, -0.2) is 4.79 Å². The molecule has 2 aliphatic rings. The van der Waals surface area contributed by atoms with Crippen molar-refractivity contribution in [2.24, 2.45) is 5.92 Å². The summed E-state index contributed by atoms with van der Waals surface area (Å²) < 4.78 is 15.3. The molecule has 0 aromatic heterocycles. The Morgan fingerprint density at radius 1 is 1.26 bits per heavy atom. The number of carbonyl (C=O) groups is 1. The average Bonchev–Trinajstić information content (AvgIpc) is 3.15. The first-order chi connectivity index (χ1) is 9.24. The Morgan fingerprint density at radius 2 is 1.95 bits per heavy atom. The Morgan fingerprint density at radius 3 is 2.53 bits per heavy atom. The zero-order valence-electron chi connectivity index (χ0n) is 12.0. The molecule has 1 saturated carbocycles. The molecule has 1 saturated heterocycles. The number of hydrogen-bond acceptors (Lipinski definition) is 4. The van der Waals surface area contributed by atoms with Crippen molar-refractivity contribution >= 4 is 6.16 Å². The highest BCUT2D eigenvalue weighted by Gasteiger charge is 2.49. The first-order valence-electron chi connectivity index (χ1n) is 7.74. The van der Waals surface area contributed by atoms with Crippen molar-refractivity contribution in [1.29, 1.82) is 0 Å². The van der Waals surface area contributed by atoms with Crippen LogP contribution < -0.4 is 0 Å². The van der Waals surface area contributed by atoms with Crippen LogP contribution in [0.3, 0.4) is 0 Å². The predicted octanol–water partition coefficient (Wildman–Crippen LogP) is 4.03. The van der Waals surface area contributed by atoms with Crippen molar-refractivity contribution < 1.29 is 19.0 Å². The molecule has 19 heavy (non-hydrogen) atoms. The molecule has 2 fully saturated rings. The normalized spacial score (nSPS) is 27.6. The minimum absolute atomic E-state index is 0.344. The van der Waals surface area contributed by atoms with E-state index in [0.29, 0.717) is 13.2 Å². The topological polar surface area (TPSA) is 48.1 Å². The molecule has 0 N–H and O–H groups in total. The van der Waals surface area contributed by atoms with Gasteiger partial charge in [-0.05, 0) is 19.3 Å². The minimum Gasteiger partial charge on any atom is -0.435 e. The van der Waals surface area contributed by atoms with Crippen molar-refractivity contribution in [2.75, 3.05) is 13.2 Å². The van der Waals surface area contributed by atoms with Gasteiger partial charge in [0, 0.05) is 6.42 Å². The van der Waals surface area contributed by atoms with E-state index in [1.807, 2.05) is 0 Å². The van der Waals surface area contributed by atoms with E-state index in [2.05, 4.69) is 0 Å². The maximum atomic E-state index is 11.3. The standard InChI is InChI=1S/C15H26O4/c1-2-17-14(16)19-15(12-18-15)11-7-10-13-8-5-3-4-6-9-13/h13H,2-12H2,1H3. The summed E-state index contributed by atoms with van der Waals surface area (Å²) in [6.07, 6.45) is 10.8. The van der Waals surface area contributed by atoms with Gasteiger partial charge >= 0.3 is 6.16 Å². The lowest BCUT2D eigenvalue weighted by Gasteiger charge is -2.16. The monoisotopic (exact) mass is 270 g/mol. The molecule has 0 aromatic carbocycles. The van der Waals surface area contributed by atoms with E-state index in [4.69, 9.17) is 14.2 Å². The molecule has 0 amide bonds. The van der Waals surface area contributed by atoms with Crippen molar-refractivity contribution in [2.45, 2.75) is 70.5 Å². The fourth-order valence-electron chi connectivity index (χ4n) is 2.95. The van der Waals surface area contributed by atoms with Gasteiger partial charge < -0.3 is 14.2 Å². The molecule has 0 radical (unpaired) electrons. The summed E-state index contributed by atoms with van der Waals surface area (Å²) in [4.78, 5) is 11.3. The highest BCUT2D eigenvalue weighted by molar-refractivity contribution is 5.60. The smallest absolute Gasteiger partial charge is 0.435 e. The first-order valence-corrected chi connectivity index (χ1v) is 7.74. The molecule has 4 nitrogen and oxygen atoms in total. The van der Waals surface area contributed by atoms with Crippen molar-refractivity contribution in [1.82, 2.24) is 0 Å². The lowest BCUT2D eigenvalue weighted by Crippen LogP contribution is -2.22. The van der Waals surface area contributed by atoms with Crippen molar-refractivity contribution in [3.05, 3.63) is 0 Å². The highest BCUT2D eigenvalue weighted by Crippen LogP contribution is 2.36. The van der Waals surface area contributed by atoms with Gasteiger partial charge in [0.25, 0.3) is 0 Å². The molecule has 110 valence electrons. The van der Waals surface area contributed by atoms with Crippen LogP contribution in [0.2, 0.25) is 0 Å². The summed E-state index contributed by atoms with van der Waals surface area (Å²) in [5.41, 5.74) is 0. The van der Waals surface area contributed by atoms with Gasteiger partial charge in [-0.3, -0.25) is 0 Å². The number of epoxide rings is 1. The van der Waals surface area contributed by atoms with Gasteiger partial charge in [0.2, 0.25) is 5.79 Å². The summed E-state index contributed by atoms with van der Waals surface area (Å²) in [7, 11) is 0. The maximum absolute atomic E-state index is 11.3. The molecule has 0 aromatic rings. The molecular formula is C15H26O4. The fraction of sp³-hybridized carbons (Fsp3) is 0.933. The van der Waals surface area contributed by atoms with Crippen LogP contribution in [0.5, 0.6) is 0 Å². The molecule has 1 aliphatic heterocycles. The number of hydrogen-bond donors (Lipinski definition) is 0. The predicted molar refractivity (Wildman–Crippen MR) is 71.8 cm³/mol. The van der Waals surface area contributed by atoms with Crippen molar-refractivity contribution in [3.8, 4) is 0 Å². The molecule has 0 spiro atoms. The van der Waals surface area contributed by atoms with Crippen LogP contribution in [0.25, 0.3) is 0 Å². The second kappa shape index (κ2) is 7.13. The Balaban J connectivity index is 1.63. The third-order valence-corrected chi connectivity index (χ3v) is 4.14. The molecule has 0 bridgehead atoms. The molecule has 4 heteroatoms. The number of rotatable bonds is 6. The largest absolute Gasteiger partial charge is 0.510 e. The van der Waals surface area contributed by atoms with Gasteiger partial charge in [0.05, 0.1) is 6.61 Å². The Hall–Kier alpha value is -0.770. The molecule has 1 aliphatic carbocycles. The molecule has 2 rings (SSSR count). The Bertz CT molecular complexity index is 278. The third-order valence-electron chi connectivity index (χ3n) is 4.14. The summed E-state index contributed by atoms with van der Waals surface area (Å²) >= 11 is 0. The van der Waals surface area contributed by atoms with Gasteiger partial charge in [-0.15, -0.1) is 0 Å². The molecule has 1 heterocycles. The second-order valence-corrected chi connectivity index (χ2v) is 5.73. The molecule has 1 atom stereocenters. The van der Waals surface area contributed by atoms with Crippen LogP contribution in [0.1, 0.15) is 64.7 Å². The van der Waals surface area contributed by atoms with Crippen LogP contribution >= 0.6 is 0 Å². The van der Waals surface area contributed by atoms with Gasteiger partial charge in [-0.1, -0.05) is 44.9 Å². The lowest BCUT2D eigenvalue weighted by atomic mass is 9.93. The summed E-state index contributed by atoms with van der Waals surface area (Å²) in [5, 5.41) is 0. The SMILES string of the molecule is CCOC(=O)OC1(CCCC2CCCCCC2)CO1. The van der Waals surface area contributed by atoms with E-state index in [9.17, 15) is 4.79 Å². The molecular weight excluding hydrogens is 244 g/mol. The fourth-order valence-corrected chi connectivity index (χ4v) is 2.95. The summed E-state index contributed by atoms with van der Waals surface area (Å²) in [5.74, 6) is 0.206. The number of carbonyl (C=O) groups excluding carboxylic acids is 1. The maximum Gasteiger partial charge on any atom is 0.510 e. The van der Waals surface area contributed by atoms with Crippen LogP contribution in [0.4, 0.5) is 4.79 Å². The van der Waals surface area contributed by atoms with E-state index >= 15 is 0 Å². The first kappa shape index (κ1) is 14.6. The number of ether oxygens (including phenoxy) is 3. The Kier molecular flexibility index (Phi) is 5.49. The van der Waals surface area contributed by atoms with E-state index in [1.54, 1.807) is 6.92 Å². The van der Waals surface area contributed by atoms with E-state index < -0.39 is 11.9 Å². The molecule has 1 unspecified atom stereocenters. The third kappa shape index (κ3) is 5.01. The summed E-state index contributed by atoms with van der Waals surface area (Å²) in [6.45, 7) is 2.64. The van der Waals surface area contributed by atoms with E-state index in [-0.39, 0.29) is 0 Å². The van der Waals surface area contributed by atoms with Crippen LogP contribution in [0, 0.1) is 5.92 Å². The van der Waals surface area contributed by atoms with Gasteiger partial charge in [-0.2, -0.15) is 0 Å². The lowest BCUT2D eigenvalue weighted by molar-refractivity contribution is -0.0385. The highest BCUT2D eigenvalue weighted by atomic mass is 16.8. The second-order valence-electron chi connectivity index (χ2n) is 5.73. The average molecular weight is 270 g/mol. The van der Waals surface area contributed by atoms with E-state index in [1.165, 1.54) is 44.9 Å². The van der Waals surface area contributed by atoms with Crippen LogP contribution in [-0.4, -0.2) is 25.2 Å². The van der Waals surface area contributed by atoms with Gasteiger partial charge in [0.1, 0.15) is 6.61 Å². The van der Waals surface area contributed by atoms with Crippen LogP contribution in [-0.2, 0) is 14.2 Å². The minimum atomic E-state index is -0.656. The quantitative estimate of drug-likeness (QED) is 0.415. The Labute approximate surface area is 115 Å². The van der Waals surface area contributed by atoms with Gasteiger partial charge in [0.15, 0.2) is 0 Å².